The zero-order valence-corrected chi connectivity index (χ0v) is 28.2. The SMILES string of the molecule is CC(=O)NC1(c2ccccc2)CCN(CCC2(c3ccc(Cl)c(Cl)c3)CN(C(=O)c3ccccc3)CCN2C)CC1.Cl.Cl.O. The second-order valence-corrected chi connectivity index (χ2v) is 12.2. The molecule has 2 aliphatic rings. The minimum absolute atomic E-state index is 0. The molecule has 0 bridgehead atoms. The molecule has 2 amide bonds. The lowest BCUT2D eigenvalue weighted by Crippen LogP contribution is -2.61. The fourth-order valence-electron chi connectivity index (χ4n) is 6.53. The highest BCUT2D eigenvalue weighted by Crippen LogP contribution is 2.39. The molecule has 0 aromatic heterocycles. The summed E-state index contributed by atoms with van der Waals surface area (Å²) >= 11 is 12.9. The Morgan fingerprint density at radius 1 is 0.818 bits per heavy atom. The first kappa shape index (κ1) is 37.8. The molecule has 0 aliphatic carbocycles. The molecular formula is C33H42Cl4N4O3. The molecule has 0 spiro atoms. The molecule has 0 saturated carbocycles. The lowest BCUT2D eigenvalue weighted by Gasteiger charge is -2.51. The van der Waals surface area contributed by atoms with Gasteiger partial charge < -0.3 is 20.6 Å². The van der Waals surface area contributed by atoms with Crippen LogP contribution in [0.5, 0.6) is 0 Å². The Kier molecular flexibility index (Phi) is 14.0. The third-order valence-corrected chi connectivity index (χ3v) is 9.69. The Hall–Kier alpha value is -2.36. The molecule has 240 valence electrons. The number of piperidine rings is 1. The molecule has 3 aromatic carbocycles. The molecular weight excluding hydrogens is 642 g/mol. The van der Waals surface area contributed by atoms with Crippen LogP contribution in [0, 0.1) is 0 Å². The van der Waals surface area contributed by atoms with Gasteiger partial charge in [0.25, 0.3) is 5.91 Å². The van der Waals surface area contributed by atoms with Crippen molar-refractivity contribution in [2.24, 2.45) is 0 Å². The molecule has 1 unspecified atom stereocenters. The number of hydrogen-bond acceptors (Lipinski definition) is 4. The van der Waals surface area contributed by atoms with Gasteiger partial charge in [-0.25, -0.2) is 0 Å². The van der Waals surface area contributed by atoms with E-state index >= 15 is 0 Å². The molecule has 2 fully saturated rings. The van der Waals surface area contributed by atoms with Gasteiger partial charge in [0.15, 0.2) is 0 Å². The first-order chi connectivity index (χ1) is 19.7. The van der Waals surface area contributed by atoms with E-state index < -0.39 is 5.54 Å². The summed E-state index contributed by atoms with van der Waals surface area (Å²) in [6, 6.07) is 25.7. The summed E-state index contributed by atoms with van der Waals surface area (Å²) in [6.07, 6.45) is 2.49. The third kappa shape index (κ3) is 8.07. The second-order valence-electron chi connectivity index (χ2n) is 11.4. The third-order valence-electron chi connectivity index (χ3n) is 8.95. The van der Waals surface area contributed by atoms with Gasteiger partial charge >= 0.3 is 0 Å². The van der Waals surface area contributed by atoms with Crippen molar-refractivity contribution in [1.82, 2.24) is 20.0 Å². The van der Waals surface area contributed by atoms with Crippen LogP contribution in [0.2, 0.25) is 10.0 Å². The summed E-state index contributed by atoms with van der Waals surface area (Å²) in [5, 5.41) is 4.32. The van der Waals surface area contributed by atoms with Gasteiger partial charge in [-0.1, -0.05) is 77.8 Å². The average molecular weight is 685 g/mol. The fourth-order valence-corrected chi connectivity index (χ4v) is 6.83. The molecule has 0 radical (unpaired) electrons. The zero-order valence-electron chi connectivity index (χ0n) is 25.1. The predicted molar refractivity (Wildman–Crippen MR) is 183 cm³/mol. The van der Waals surface area contributed by atoms with Crippen LogP contribution < -0.4 is 5.32 Å². The Morgan fingerprint density at radius 3 is 2.02 bits per heavy atom. The highest BCUT2D eigenvalue weighted by atomic mass is 35.5. The van der Waals surface area contributed by atoms with Crippen molar-refractivity contribution < 1.29 is 15.1 Å². The molecule has 3 N–H and O–H groups in total. The largest absolute Gasteiger partial charge is 0.412 e. The van der Waals surface area contributed by atoms with Gasteiger partial charge in [-0.3, -0.25) is 14.5 Å². The van der Waals surface area contributed by atoms with Gasteiger partial charge in [0, 0.05) is 51.8 Å². The standard InChI is InChI=1S/C33H38Cl2N4O2.2ClH.H2O/c1-25(40)36-32(27-11-7-4-8-12-27)15-18-38(19-16-32)20-17-33(28-13-14-29(34)30(35)23-28)24-39(22-21-37(33)2)31(41)26-9-5-3-6-10-26;;;/h3-14,23H,15-22,24H2,1-2H3,(H,36,40);2*1H;1H2. The Morgan fingerprint density at radius 2 is 1.43 bits per heavy atom. The normalized spacial score (nSPS) is 20.0. The molecule has 1 atom stereocenters. The quantitative estimate of drug-likeness (QED) is 0.341. The van der Waals surface area contributed by atoms with E-state index in [0.717, 1.165) is 56.6 Å². The van der Waals surface area contributed by atoms with Crippen molar-refractivity contribution in [3.63, 3.8) is 0 Å². The van der Waals surface area contributed by atoms with Crippen molar-refractivity contribution >= 4 is 59.8 Å². The van der Waals surface area contributed by atoms with E-state index in [1.807, 2.05) is 65.6 Å². The number of carbonyl (C=O) groups excluding carboxylic acids is 2. The average Bonchev–Trinajstić information content (AvgIpc) is 2.99. The number of likely N-dealkylation sites (N-methyl/N-ethyl adjacent to an activating group) is 1. The van der Waals surface area contributed by atoms with Gasteiger partial charge in [0.2, 0.25) is 5.91 Å². The first-order valence-corrected chi connectivity index (χ1v) is 15.1. The number of hydrogen-bond donors (Lipinski definition) is 1. The molecule has 44 heavy (non-hydrogen) atoms. The number of halogens is 4. The zero-order chi connectivity index (χ0) is 29.0. The maximum Gasteiger partial charge on any atom is 0.253 e. The Labute approximate surface area is 283 Å². The lowest BCUT2D eigenvalue weighted by atomic mass is 9.79. The van der Waals surface area contributed by atoms with Crippen LogP contribution in [0.4, 0.5) is 0 Å². The van der Waals surface area contributed by atoms with Gasteiger partial charge in [-0.2, -0.15) is 0 Å². The van der Waals surface area contributed by atoms with Crippen LogP contribution in [0.1, 0.15) is 47.7 Å². The van der Waals surface area contributed by atoms with Crippen LogP contribution in [0.25, 0.3) is 0 Å². The molecule has 2 heterocycles. The molecule has 3 aromatic rings. The minimum atomic E-state index is -0.428. The smallest absolute Gasteiger partial charge is 0.253 e. The Balaban J connectivity index is 0.00000225. The Bertz CT molecular complexity index is 1370. The molecule has 5 rings (SSSR count). The van der Waals surface area contributed by atoms with Crippen LogP contribution in [0.3, 0.4) is 0 Å². The summed E-state index contributed by atoms with van der Waals surface area (Å²) in [5.41, 5.74) is 2.14. The van der Waals surface area contributed by atoms with Crippen molar-refractivity contribution in [3.8, 4) is 0 Å². The number of nitrogens with one attached hydrogen (secondary N) is 1. The van der Waals surface area contributed by atoms with Gasteiger partial charge in [-0.15, -0.1) is 24.8 Å². The van der Waals surface area contributed by atoms with E-state index in [-0.39, 0.29) is 47.6 Å². The molecule has 2 saturated heterocycles. The number of likely N-dealkylation sites (tertiary alicyclic amines) is 1. The van der Waals surface area contributed by atoms with Crippen molar-refractivity contribution in [2.75, 3.05) is 46.3 Å². The van der Waals surface area contributed by atoms with E-state index in [0.29, 0.717) is 28.7 Å². The number of carbonyl (C=O) groups is 2. The van der Waals surface area contributed by atoms with Crippen LogP contribution in [-0.2, 0) is 15.9 Å². The maximum absolute atomic E-state index is 13.6. The van der Waals surface area contributed by atoms with E-state index in [9.17, 15) is 9.59 Å². The van der Waals surface area contributed by atoms with Gasteiger partial charge in [0.1, 0.15) is 0 Å². The highest BCUT2D eigenvalue weighted by Gasteiger charge is 2.44. The first-order valence-electron chi connectivity index (χ1n) is 14.3. The lowest BCUT2D eigenvalue weighted by molar-refractivity contribution is -0.121. The molecule has 2 aliphatic heterocycles. The highest BCUT2D eigenvalue weighted by molar-refractivity contribution is 6.42. The number of nitrogens with zero attached hydrogens (tertiary/aromatic N) is 3. The number of rotatable bonds is 7. The number of piperazine rings is 1. The number of amides is 2. The summed E-state index contributed by atoms with van der Waals surface area (Å²) in [6.45, 7) is 6.14. The second kappa shape index (κ2) is 16.3. The van der Waals surface area contributed by atoms with Crippen LogP contribution in [0.15, 0.2) is 78.9 Å². The van der Waals surface area contributed by atoms with Crippen molar-refractivity contribution in [2.45, 2.75) is 37.3 Å². The summed E-state index contributed by atoms with van der Waals surface area (Å²) < 4.78 is 0. The minimum Gasteiger partial charge on any atom is -0.412 e. The summed E-state index contributed by atoms with van der Waals surface area (Å²) in [4.78, 5) is 32.6. The molecule has 11 heteroatoms. The van der Waals surface area contributed by atoms with Crippen LogP contribution >= 0.6 is 48.0 Å². The fraction of sp³-hybridized carbons (Fsp3) is 0.394. The number of benzene rings is 3. The monoisotopic (exact) mass is 682 g/mol. The van der Waals surface area contributed by atoms with Crippen molar-refractivity contribution in [1.29, 1.82) is 0 Å². The van der Waals surface area contributed by atoms with E-state index in [1.165, 1.54) is 0 Å². The molecule has 7 nitrogen and oxygen atoms in total. The van der Waals surface area contributed by atoms with E-state index in [4.69, 9.17) is 23.2 Å². The maximum atomic E-state index is 13.6. The summed E-state index contributed by atoms with van der Waals surface area (Å²) in [7, 11) is 2.14. The van der Waals surface area contributed by atoms with Crippen molar-refractivity contribution in [3.05, 3.63) is 106 Å². The van der Waals surface area contributed by atoms with E-state index in [1.54, 1.807) is 6.92 Å². The van der Waals surface area contributed by atoms with Gasteiger partial charge in [-0.05, 0) is 61.7 Å². The predicted octanol–water partition coefficient (Wildman–Crippen LogP) is 5.81. The van der Waals surface area contributed by atoms with Crippen LogP contribution in [-0.4, -0.2) is 78.3 Å². The van der Waals surface area contributed by atoms with Gasteiger partial charge in [0.05, 0.1) is 21.1 Å². The topological polar surface area (TPSA) is 87.4 Å². The van der Waals surface area contributed by atoms with E-state index in [2.05, 4.69) is 40.4 Å². The summed E-state index contributed by atoms with van der Waals surface area (Å²) in [5.74, 6) is 0.0388.